The lowest BCUT2D eigenvalue weighted by Gasteiger charge is -2.14. The molecule has 3 aromatic rings. The van der Waals surface area contributed by atoms with Crippen LogP contribution in [-0.2, 0) is 13.0 Å². The minimum atomic E-state index is -0.152. The van der Waals surface area contributed by atoms with Crippen molar-refractivity contribution in [2.75, 3.05) is 0 Å². The number of rotatable bonds is 5. The highest BCUT2D eigenvalue weighted by Gasteiger charge is 2.13. The maximum atomic E-state index is 6.36. The number of aromatic nitrogens is 2. The Morgan fingerprint density at radius 1 is 1.19 bits per heavy atom. The molecule has 0 spiro atoms. The van der Waals surface area contributed by atoms with Crippen molar-refractivity contribution in [3.63, 3.8) is 0 Å². The monoisotopic (exact) mass is 317 g/mol. The molecule has 1 aromatic carbocycles. The van der Waals surface area contributed by atoms with Gasteiger partial charge in [0.05, 0.1) is 28.6 Å². The molecule has 1 atom stereocenters. The van der Waals surface area contributed by atoms with E-state index in [2.05, 4.69) is 15.6 Å². The van der Waals surface area contributed by atoms with Gasteiger partial charge >= 0.3 is 0 Å². The molecule has 2 aromatic heterocycles. The van der Waals surface area contributed by atoms with Crippen LogP contribution in [0.5, 0.6) is 0 Å². The van der Waals surface area contributed by atoms with Gasteiger partial charge in [0.1, 0.15) is 0 Å². The maximum Gasteiger partial charge on any atom is 0.0948 e. The Labute approximate surface area is 133 Å². The lowest BCUT2D eigenvalue weighted by Crippen LogP contribution is -2.17. The average Bonchev–Trinajstić information content (AvgIpc) is 3.14. The van der Waals surface area contributed by atoms with Gasteiger partial charge in [-0.3, -0.25) is 0 Å². The first-order valence-electron chi connectivity index (χ1n) is 6.79. The zero-order valence-electron chi connectivity index (χ0n) is 11.4. The minimum absolute atomic E-state index is 0.152. The summed E-state index contributed by atoms with van der Waals surface area (Å²) in [5, 5.41) is 0. The number of benzene rings is 1. The quantitative estimate of drug-likeness (QED) is 0.776. The van der Waals surface area contributed by atoms with Crippen LogP contribution in [0.25, 0.3) is 0 Å². The Balaban J connectivity index is 1.74. The molecule has 5 heteroatoms. The third kappa shape index (κ3) is 3.35. The van der Waals surface area contributed by atoms with Crippen LogP contribution < -0.4 is 5.73 Å². The van der Waals surface area contributed by atoms with E-state index in [-0.39, 0.29) is 6.04 Å². The van der Waals surface area contributed by atoms with Crippen LogP contribution in [-0.4, -0.2) is 9.55 Å². The second-order valence-corrected chi connectivity index (χ2v) is 6.66. The lowest BCUT2D eigenvalue weighted by molar-refractivity contribution is 0.640. The number of hydrogen-bond acceptors (Lipinski definition) is 3. The van der Waals surface area contributed by atoms with E-state index in [1.54, 1.807) is 11.3 Å². The van der Waals surface area contributed by atoms with Gasteiger partial charge in [-0.2, -0.15) is 0 Å². The molecular formula is C16H16ClN3S. The Morgan fingerprint density at radius 2 is 2.00 bits per heavy atom. The summed E-state index contributed by atoms with van der Waals surface area (Å²) in [7, 11) is 0. The first-order valence-corrected chi connectivity index (χ1v) is 7.98. The van der Waals surface area contributed by atoms with E-state index in [1.807, 2.05) is 48.9 Å². The number of hydrogen-bond donors (Lipinski definition) is 1. The summed E-state index contributed by atoms with van der Waals surface area (Å²) in [6.07, 6.45) is 4.62. The summed E-state index contributed by atoms with van der Waals surface area (Å²) in [5.41, 5.74) is 8.48. The largest absolute Gasteiger partial charge is 0.333 e. The SMILES string of the molecule is NC(c1ccccc1)c1cncn1CCc1ccc(Cl)s1. The van der Waals surface area contributed by atoms with Crippen LogP contribution in [0.2, 0.25) is 4.34 Å². The molecule has 0 radical (unpaired) electrons. The van der Waals surface area contributed by atoms with Crippen LogP contribution in [0.1, 0.15) is 22.2 Å². The highest BCUT2D eigenvalue weighted by molar-refractivity contribution is 7.16. The van der Waals surface area contributed by atoms with Gasteiger partial charge in [-0.1, -0.05) is 41.9 Å². The Morgan fingerprint density at radius 3 is 2.71 bits per heavy atom. The summed E-state index contributed by atoms with van der Waals surface area (Å²) in [6, 6.07) is 13.9. The molecule has 3 rings (SSSR count). The zero-order valence-corrected chi connectivity index (χ0v) is 13.0. The van der Waals surface area contributed by atoms with Crippen molar-refractivity contribution < 1.29 is 0 Å². The molecule has 3 nitrogen and oxygen atoms in total. The number of nitrogens with zero attached hydrogens (tertiary/aromatic N) is 2. The fraction of sp³-hybridized carbons (Fsp3) is 0.188. The van der Waals surface area contributed by atoms with Crippen molar-refractivity contribution in [2.24, 2.45) is 5.73 Å². The van der Waals surface area contributed by atoms with Gasteiger partial charge in [0.25, 0.3) is 0 Å². The predicted molar refractivity (Wildman–Crippen MR) is 87.7 cm³/mol. The van der Waals surface area contributed by atoms with E-state index < -0.39 is 0 Å². The molecule has 0 aliphatic heterocycles. The van der Waals surface area contributed by atoms with Crippen LogP contribution >= 0.6 is 22.9 Å². The highest BCUT2D eigenvalue weighted by Crippen LogP contribution is 2.23. The number of nitrogens with two attached hydrogens (primary N) is 1. The molecule has 2 heterocycles. The predicted octanol–water partition coefficient (Wildman–Crippen LogP) is 3.89. The second kappa shape index (κ2) is 6.43. The molecule has 0 aliphatic carbocycles. The van der Waals surface area contributed by atoms with Gasteiger partial charge in [-0.15, -0.1) is 11.3 Å². The van der Waals surface area contributed by atoms with E-state index in [0.29, 0.717) is 0 Å². The Kier molecular flexibility index (Phi) is 4.39. The van der Waals surface area contributed by atoms with E-state index in [0.717, 1.165) is 28.6 Å². The van der Waals surface area contributed by atoms with Gasteiger partial charge in [-0.25, -0.2) is 4.98 Å². The molecule has 1 unspecified atom stereocenters. The van der Waals surface area contributed by atoms with E-state index >= 15 is 0 Å². The summed E-state index contributed by atoms with van der Waals surface area (Å²) in [5.74, 6) is 0. The molecule has 0 aliphatic rings. The molecule has 0 bridgehead atoms. The van der Waals surface area contributed by atoms with Gasteiger partial charge < -0.3 is 10.3 Å². The van der Waals surface area contributed by atoms with Gasteiger partial charge in [0.2, 0.25) is 0 Å². The molecule has 0 saturated carbocycles. The molecular weight excluding hydrogens is 302 g/mol. The third-order valence-corrected chi connectivity index (χ3v) is 4.74. The summed E-state index contributed by atoms with van der Waals surface area (Å²) >= 11 is 7.58. The number of halogens is 1. The molecule has 2 N–H and O–H groups in total. The van der Waals surface area contributed by atoms with Crippen LogP contribution in [0.4, 0.5) is 0 Å². The van der Waals surface area contributed by atoms with Gasteiger partial charge in [0, 0.05) is 11.4 Å². The van der Waals surface area contributed by atoms with Crippen molar-refractivity contribution in [3.05, 3.63) is 75.5 Å². The molecule has 108 valence electrons. The summed E-state index contributed by atoms with van der Waals surface area (Å²) < 4.78 is 2.95. The van der Waals surface area contributed by atoms with Crippen LogP contribution in [0.3, 0.4) is 0 Å². The molecule has 0 amide bonds. The normalized spacial score (nSPS) is 12.5. The van der Waals surface area contributed by atoms with E-state index in [4.69, 9.17) is 17.3 Å². The smallest absolute Gasteiger partial charge is 0.0948 e. The van der Waals surface area contributed by atoms with E-state index in [1.165, 1.54) is 4.88 Å². The number of aryl methyl sites for hydroxylation is 2. The zero-order chi connectivity index (χ0) is 14.7. The minimum Gasteiger partial charge on any atom is -0.333 e. The van der Waals surface area contributed by atoms with Crippen molar-refractivity contribution >= 4 is 22.9 Å². The Bertz CT molecular complexity index is 705. The standard InChI is InChI=1S/C16H16ClN3S/c17-15-7-6-13(21-15)8-9-20-11-19-10-14(20)16(18)12-4-2-1-3-5-12/h1-7,10-11,16H,8-9,18H2. The van der Waals surface area contributed by atoms with Crippen LogP contribution in [0, 0.1) is 0 Å². The van der Waals surface area contributed by atoms with Crippen molar-refractivity contribution in [2.45, 2.75) is 19.0 Å². The molecule has 0 saturated heterocycles. The second-order valence-electron chi connectivity index (χ2n) is 4.86. The van der Waals surface area contributed by atoms with E-state index in [9.17, 15) is 0 Å². The molecule has 21 heavy (non-hydrogen) atoms. The van der Waals surface area contributed by atoms with Crippen molar-refractivity contribution in [3.8, 4) is 0 Å². The average molecular weight is 318 g/mol. The number of thiophene rings is 1. The van der Waals surface area contributed by atoms with Gasteiger partial charge in [-0.05, 0) is 24.1 Å². The first-order chi connectivity index (χ1) is 10.2. The van der Waals surface area contributed by atoms with Crippen molar-refractivity contribution in [1.82, 2.24) is 9.55 Å². The maximum absolute atomic E-state index is 6.36. The Hall–Kier alpha value is -1.62. The van der Waals surface area contributed by atoms with Crippen LogP contribution in [0.15, 0.2) is 55.0 Å². The number of imidazole rings is 1. The summed E-state index contributed by atoms with van der Waals surface area (Å²) in [6.45, 7) is 0.854. The topological polar surface area (TPSA) is 43.8 Å². The van der Waals surface area contributed by atoms with Gasteiger partial charge in [0.15, 0.2) is 0 Å². The third-order valence-electron chi connectivity index (χ3n) is 3.45. The fourth-order valence-corrected chi connectivity index (χ4v) is 3.40. The van der Waals surface area contributed by atoms with Crippen molar-refractivity contribution in [1.29, 1.82) is 0 Å². The fourth-order valence-electron chi connectivity index (χ4n) is 2.32. The summed E-state index contributed by atoms with van der Waals surface area (Å²) in [4.78, 5) is 5.52. The molecule has 0 fully saturated rings. The first kappa shape index (κ1) is 14.3. The highest BCUT2D eigenvalue weighted by atomic mass is 35.5. The lowest BCUT2D eigenvalue weighted by atomic mass is 10.1.